The van der Waals surface area contributed by atoms with Crippen molar-refractivity contribution in [3.8, 4) is 5.69 Å². The van der Waals surface area contributed by atoms with E-state index in [9.17, 15) is 14.4 Å². The maximum absolute atomic E-state index is 12.5. The van der Waals surface area contributed by atoms with Gasteiger partial charge in [-0.3, -0.25) is 9.59 Å². The fraction of sp³-hybridized carbons (Fsp3) is 0.429. The highest BCUT2D eigenvalue weighted by atomic mass is 16.5. The third-order valence-corrected chi connectivity index (χ3v) is 4.92. The highest BCUT2D eigenvalue weighted by molar-refractivity contribution is 5.97. The molecule has 2 heterocycles. The van der Waals surface area contributed by atoms with Crippen molar-refractivity contribution >= 4 is 17.8 Å². The molecule has 160 valence electrons. The minimum absolute atomic E-state index is 0.123. The summed E-state index contributed by atoms with van der Waals surface area (Å²) < 4.78 is 11.9. The van der Waals surface area contributed by atoms with Crippen molar-refractivity contribution in [3.63, 3.8) is 0 Å². The number of aromatic nitrogens is 2. The van der Waals surface area contributed by atoms with Crippen LogP contribution in [0.4, 0.5) is 0 Å². The summed E-state index contributed by atoms with van der Waals surface area (Å²) in [5, 5.41) is 6.98. The van der Waals surface area contributed by atoms with Gasteiger partial charge in [0.1, 0.15) is 11.6 Å². The highest BCUT2D eigenvalue weighted by Crippen LogP contribution is 2.16. The second kappa shape index (κ2) is 9.53. The number of morpholine rings is 1. The number of benzene rings is 1. The monoisotopic (exact) mass is 414 g/mol. The number of hydrogen-bond acceptors (Lipinski definition) is 6. The van der Waals surface area contributed by atoms with Gasteiger partial charge in [0.15, 0.2) is 0 Å². The zero-order valence-corrected chi connectivity index (χ0v) is 17.4. The van der Waals surface area contributed by atoms with E-state index in [1.807, 2.05) is 0 Å². The molecule has 1 atom stereocenters. The van der Waals surface area contributed by atoms with E-state index in [2.05, 4.69) is 10.4 Å². The third kappa shape index (κ3) is 4.68. The van der Waals surface area contributed by atoms with E-state index in [-0.39, 0.29) is 11.8 Å². The summed E-state index contributed by atoms with van der Waals surface area (Å²) in [5.74, 6) is -0.877. The summed E-state index contributed by atoms with van der Waals surface area (Å²) in [6.07, 6.45) is 1.47. The van der Waals surface area contributed by atoms with Gasteiger partial charge in [0.05, 0.1) is 37.4 Å². The third-order valence-electron chi connectivity index (χ3n) is 4.92. The summed E-state index contributed by atoms with van der Waals surface area (Å²) in [4.78, 5) is 38.6. The lowest BCUT2D eigenvalue weighted by atomic mass is 10.1. The molecule has 1 fully saturated rings. The van der Waals surface area contributed by atoms with Gasteiger partial charge in [-0.05, 0) is 45.0 Å². The molecule has 0 saturated carbocycles. The Morgan fingerprint density at radius 3 is 2.50 bits per heavy atom. The van der Waals surface area contributed by atoms with Crippen molar-refractivity contribution in [2.75, 3.05) is 32.9 Å². The van der Waals surface area contributed by atoms with Crippen LogP contribution in [0.1, 0.15) is 40.3 Å². The van der Waals surface area contributed by atoms with Gasteiger partial charge >= 0.3 is 5.97 Å². The van der Waals surface area contributed by atoms with Crippen molar-refractivity contribution in [2.24, 2.45) is 0 Å². The maximum atomic E-state index is 12.5. The van der Waals surface area contributed by atoms with Crippen LogP contribution >= 0.6 is 0 Å². The minimum Gasteiger partial charge on any atom is -0.462 e. The SMILES string of the molecule is CCOC(=O)c1cnn(-c2ccc(C(=O)NC(C)C(=O)N3CCOCC3)cc2)c1C. The van der Waals surface area contributed by atoms with E-state index in [0.29, 0.717) is 55.4 Å². The number of hydrogen-bond donors (Lipinski definition) is 1. The standard InChI is InChI=1S/C21H26N4O5/c1-4-30-21(28)18-13-22-25(15(18)3)17-7-5-16(6-8-17)19(26)23-14(2)20(27)24-9-11-29-12-10-24/h5-8,13-14H,4,9-12H2,1-3H3,(H,23,26). The lowest BCUT2D eigenvalue weighted by Crippen LogP contribution is -2.50. The Morgan fingerprint density at radius 1 is 1.20 bits per heavy atom. The number of amides is 2. The van der Waals surface area contributed by atoms with Crippen molar-refractivity contribution in [1.29, 1.82) is 0 Å². The Hall–Kier alpha value is -3.20. The first-order valence-electron chi connectivity index (χ1n) is 9.92. The second-order valence-corrected chi connectivity index (χ2v) is 6.96. The lowest BCUT2D eigenvalue weighted by Gasteiger charge is -2.29. The molecule has 30 heavy (non-hydrogen) atoms. The van der Waals surface area contributed by atoms with Crippen LogP contribution in [-0.2, 0) is 14.3 Å². The number of carbonyl (C=O) groups is 3. The zero-order valence-electron chi connectivity index (χ0n) is 17.4. The van der Waals surface area contributed by atoms with E-state index in [1.165, 1.54) is 6.20 Å². The maximum Gasteiger partial charge on any atom is 0.341 e. The molecule has 1 aliphatic rings. The van der Waals surface area contributed by atoms with Crippen LogP contribution in [0.3, 0.4) is 0 Å². The molecule has 0 aliphatic carbocycles. The topological polar surface area (TPSA) is 103 Å². The predicted octanol–water partition coefficient (Wildman–Crippen LogP) is 1.33. The molecule has 1 unspecified atom stereocenters. The Balaban J connectivity index is 1.66. The van der Waals surface area contributed by atoms with E-state index < -0.39 is 12.0 Å². The van der Waals surface area contributed by atoms with Gasteiger partial charge in [0.2, 0.25) is 5.91 Å². The molecule has 1 aromatic heterocycles. The Bertz CT molecular complexity index is 916. The first-order chi connectivity index (χ1) is 14.4. The van der Waals surface area contributed by atoms with Crippen LogP contribution in [0.25, 0.3) is 5.69 Å². The van der Waals surface area contributed by atoms with Gasteiger partial charge < -0.3 is 19.7 Å². The molecule has 2 amide bonds. The van der Waals surface area contributed by atoms with Crippen molar-refractivity contribution in [2.45, 2.75) is 26.8 Å². The molecule has 3 rings (SSSR count). The summed E-state index contributed by atoms with van der Waals surface area (Å²) in [7, 11) is 0. The molecule has 9 heteroatoms. The Kier molecular flexibility index (Phi) is 6.83. The summed E-state index contributed by atoms with van der Waals surface area (Å²) in [6.45, 7) is 7.58. The van der Waals surface area contributed by atoms with Crippen molar-refractivity contribution in [3.05, 3.63) is 47.3 Å². The van der Waals surface area contributed by atoms with Crippen LogP contribution in [0.5, 0.6) is 0 Å². The van der Waals surface area contributed by atoms with Gasteiger partial charge in [-0.15, -0.1) is 0 Å². The van der Waals surface area contributed by atoms with Crippen molar-refractivity contribution in [1.82, 2.24) is 20.0 Å². The molecule has 0 radical (unpaired) electrons. The van der Waals surface area contributed by atoms with Gasteiger partial charge in [0.25, 0.3) is 5.91 Å². The molecule has 9 nitrogen and oxygen atoms in total. The molecular formula is C21H26N4O5. The smallest absolute Gasteiger partial charge is 0.341 e. The van der Waals surface area contributed by atoms with Gasteiger partial charge in [0, 0.05) is 18.7 Å². The summed E-state index contributed by atoms with van der Waals surface area (Å²) in [6, 6.07) is 6.15. The number of carbonyl (C=O) groups excluding carboxylic acids is 3. The van der Waals surface area contributed by atoms with E-state index in [4.69, 9.17) is 9.47 Å². The number of nitrogens with zero attached hydrogens (tertiary/aromatic N) is 3. The van der Waals surface area contributed by atoms with Crippen LogP contribution in [0.15, 0.2) is 30.5 Å². The highest BCUT2D eigenvalue weighted by Gasteiger charge is 2.24. The predicted molar refractivity (Wildman–Crippen MR) is 109 cm³/mol. The molecule has 0 bridgehead atoms. The number of esters is 1. The minimum atomic E-state index is -0.629. The molecule has 1 N–H and O–H groups in total. The van der Waals surface area contributed by atoms with Crippen LogP contribution < -0.4 is 5.32 Å². The van der Waals surface area contributed by atoms with Crippen LogP contribution in [0, 0.1) is 6.92 Å². The Labute approximate surface area is 174 Å². The quantitative estimate of drug-likeness (QED) is 0.716. The van der Waals surface area contributed by atoms with Gasteiger partial charge in [-0.25, -0.2) is 9.48 Å². The lowest BCUT2D eigenvalue weighted by molar-refractivity contribution is -0.136. The van der Waals surface area contributed by atoms with E-state index in [1.54, 1.807) is 54.6 Å². The van der Waals surface area contributed by atoms with Gasteiger partial charge in [-0.1, -0.05) is 0 Å². The summed E-state index contributed by atoms with van der Waals surface area (Å²) in [5.41, 5.74) is 2.18. The van der Waals surface area contributed by atoms with Gasteiger partial charge in [-0.2, -0.15) is 5.10 Å². The normalized spacial score (nSPS) is 14.8. The molecule has 2 aromatic rings. The average Bonchev–Trinajstić information content (AvgIpc) is 3.15. The summed E-state index contributed by atoms with van der Waals surface area (Å²) >= 11 is 0. The Morgan fingerprint density at radius 2 is 1.87 bits per heavy atom. The first kappa shape index (κ1) is 21.5. The molecule has 1 saturated heterocycles. The van der Waals surface area contributed by atoms with E-state index >= 15 is 0 Å². The molecule has 0 spiro atoms. The van der Waals surface area contributed by atoms with Crippen LogP contribution in [0.2, 0.25) is 0 Å². The zero-order chi connectivity index (χ0) is 21.7. The van der Waals surface area contributed by atoms with E-state index in [0.717, 1.165) is 0 Å². The van der Waals surface area contributed by atoms with Crippen LogP contribution in [-0.4, -0.2) is 71.4 Å². The number of rotatable bonds is 6. The molecule has 1 aliphatic heterocycles. The molecule has 1 aromatic carbocycles. The second-order valence-electron chi connectivity index (χ2n) is 6.96. The largest absolute Gasteiger partial charge is 0.462 e. The van der Waals surface area contributed by atoms with Crippen molar-refractivity contribution < 1.29 is 23.9 Å². The average molecular weight is 414 g/mol. The first-order valence-corrected chi connectivity index (χ1v) is 9.92. The fourth-order valence-corrected chi connectivity index (χ4v) is 3.23. The number of nitrogens with one attached hydrogen (secondary N) is 1. The fourth-order valence-electron chi connectivity index (χ4n) is 3.23. The number of ether oxygens (including phenoxy) is 2. The molecular weight excluding hydrogens is 388 g/mol.